The van der Waals surface area contributed by atoms with Crippen molar-refractivity contribution in [3.05, 3.63) is 154 Å². The third-order valence-electron chi connectivity index (χ3n) is 11.6. The summed E-state index contributed by atoms with van der Waals surface area (Å²) in [7, 11) is 0. The molecule has 0 bridgehead atoms. The summed E-state index contributed by atoms with van der Waals surface area (Å²) < 4.78 is 0. The van der Waals surface area contributed by atoms with Gasteiger partial charge in [0.2, 0.25) is 0 Å². The fourth-order valence-corrected chi connectivity index (χ4v) is 8.61. The van der Waals surface area contributed by atoms with Crippen LogP contribution in [-0.4, -0.2) is 21.6 Å². The van der Waals surface area contributed by atoms with Crippen molar-refractivity contribution in [1.82, 2.24) is 4.98 Å². The van der Waals surface area contributed by atoms with Gasteiger partial charge in [0, 0.05) is 49.6 Å². The van der Waals surface area contributed by atoms with Crippen LogP contribution in [0.4, 0.5) is 5.69 Å². The Balaban J connectivity index is 0.000000209. The van der Waals surface area contributed by atoms with Gasteiger partial charge in [0.25, 0.3) is 0 Å². The van der Waals surface area contributed by atoms with E-state index < -0.39 is 0 Å². The van der Waals surface area contributed by atoms with E-state index in [0.29, 0.717) is 11.8 Å². The summed E-state index contributed by atoms with van der Waals surface area (Å²) in [5.74, 6) is 1.87. The molecule has 0 fully saturated rings. The first-order chi connectivity index (χ1) is 29.1. The number of aliphatic hydroxyl groups excluding tert-OH is 1. The minimum absolute atomic E-state index is 0. The topological polar surface area (TPSA) is 62.5 Å². The zero-order valence-corrected chi connectivity index (χ0v) is 41.7. The molecule has 0 spiro atoms. The average Bonchev–Trinajstić information content (AvgIpc) is 3.59. The normalized spacial score (nSPS) is 12.1. The van der Waals surface area contributed by atoms with Crippen molar-refractivity contribution in [2.75, 3.05) is 0 Å². The molecule has 1 aliphatic rings. The first kappa shape index (κ1) is 49.9. The van der Waals surface area contributed by atoms with Crippen LogP contribution in [0.2, 0.25) is 0 Å². The number of carbonyl (C=O) groups is 1. The molecule has 0 saturated carbocycles. The molecule has 0 unspecified atom stereocenters. The van der Waals surface area contributed by atoms with E-state index in [2.05, 4.69) is 151 Å². The molecule has 1 radical (unpaired) electrons. The van der Waals surface area contributed by atoms with E-state index in [0.717, 1.165) is 77.9 Å². The number of nitrogens with zero attached hydrogens (tertiary/aromatic N) is 2. The van der Waals surface area contributed by atoms with Crippen LogP contribution < -0.4 is 0 Å². The van der Waals surface area contributed by atoms with Crippen LogP contribution in [0.3, 0.4) is 0 Å². The predicted molar refractivity (Wildman–Crippen MR) is 260 cm³/mol. The van der Waals surface area contributed by atoms with Crippen LogP contribution in [-0.2, 0) is 37.7 Å². The van der Waals surface area contributed by atoms with Gasteiger partial charge in [-0.05, 0) is 107 Å². The maximum Gasteiger partial charge on any atom is 0.162 e. The van der Waals surface area contributed by atoms with Crippen LogP contribution in [0.15, 0.2) is 102 Å². The summed E-state index contributed by atoms with van der Waals surface area (Å²) in [5, 5.41) is 14.9. The molecule has 0 atom stereocenters. The number of benzene rings is 5. The molecule has 2 heterocycles. The summed E-state index contributed by atoms with van der Waals surface area (Å²) in [6.45, 7) is 25.6. The van der Waals surface area contributed by atoms with E-state index in [1.807, 2.05) is 33.9 Å². The van der Waals surface area contributed by atoms with Gasteiger partial charge in [0.05, 0.1) is 11.4 Å². The summed E-state index contributed by atoms with van der Waals surface area (Å²) in [5.41, 5.74) is 14.3. The van der Waals surface area contributed by atoms with Gasteiger partial charge >= 0.3 is 0 Å². The van der Waals surface area contributed by atoms with E-state index in [9.17, 15) is 9.90 Å². The molecule has 0 aliphatic carbocycles. The van der Waals surface area contributed by atoms with Crippen LogP contribution in [0.25, 0.3) is 32.8 Å². The summed E-state index contributed by atoms with van der Waals surface area (Å²) in [6, 6.07) is 35.4. The van der Waals surface area contributed by atoms with Gasteiger partial charge < -0.3 is 10.1 Å². The molecule has 5 aromatic carbocycles. The number of allylic oxidation sites excluding steroid dienone is 2. The van der Waals surface area contributed by atoms with Crippen LogP contribution in [0.5, 0.6) is 0 Å². The molecule has 7 rings (SSSR count). The molecule has 5 heteroatoms. The van der Waals surface area contributed by atoms with Crippen molar-refractivity contribution in [3.8, 4) is 11.3 Å². The summed E-state index contributed by atoms with van der Waals surface area (Å²) >= 11 is 0. The number of hydrogen-bond donors (Lipinski definition) is 1. The van der Waals surface area contributed by atoms with Crippen molar-refractivity contribution in [2.24, 2.45) is 28.7 Å². The SMILES string of the molecule is CCC(CC)C(=O)/C=C(\O)C(CC)CC.Cc1[c-]c(-c2nccc3cc(CC(C)C)ccc23)cc(C)c1.Cc1[c-]c(C2=Nc3ccc(CC(C)C)c4cccc2c34)cc(C)c1.[Ir]. The Hall–Kier alpha value is -4.70. The van der Waals surface area contributed by atoms with Crippen LogP contribution >= 0.6 is 0 Å². The Labute approximate surface area is 386 Å². The second-order valence-corrected chi connectivity index (χ2v) is 17.9. The monoisotopic (exact) mass is 1010 g/mol. The number of carbonyl (C=O) groups excluding carboxylic acids is 1. The molecular weight excluding hydrogens is 937 g/mol. The average molecular weight is 1010 g/mol. The maximum absolute atomic E-state index is 11.7. The molecular formula is C57H68IrN2O2-2. The summed E-state index contributed by atoms with van der Waals surface area (Å²) in [4.78, 5) is 21.3. The predicted octanol–water partition coefficient (Wildman–Crippen LogP) is 15.3. The van der Waals surface area contributed by atoms with Gasteiger partial charge in [-0.15, -0.1) is 69.8 Å². The van der Waals surface area contributed by atoms with Crippen molar-refractivity contribution in [2.45, 2.75) is 122 Å². The summed E-state index contributed by atoms with van der Waals surface area (Å²) in [6.07, 6.45) is 9.03. The van der Waals surface area contributed by atoms with E-state index in [1.165, 1.54) is 55.4 Å². The third-order valence-corrected chi connectivity index (χ3v) is 11.6. The Morgan fingerprint density at radius 1 is 0.694 bits per heavy atom. The number of ketones is 1. The van der Waals surface area contributed by atoms with E-state index in [1.54, 1.807) is 0 Å². The fraction of sp³-hybridized carbons (Fsp3) is 0.386. The smallest absolute Gasteiger partial charge is 0.162 e. The third kappa shape index (κ3) is 12.7. The standard InChI is InChI=1S/C23H22N.C21H22N.C13H24O2.Ir/c1-14(2)10-17-8-9-21-22-19(17)6-5-7-20(22)23(24-21)18-12-15(3)11-16(4)13-18;1-14(2)9-17-5-6-20-18(13-17)7-8-22-21(20)19-11-15(3)10-16(4)12-19;1-5-10(6-2)12(14)9-13(15)11(7-3)8-4;/h5-9,11-12,14H,10H2,1-4H3;5-8,10-11,13-14H,9H2,1-4H3;9-11,14H,5-8H2,1-4H3;/q2*-1;;/b;;12-9-;. The fourth-order valence-electron chi connectivity index (χ4n) is 8.61. The number of aliphatic hydroxyl groups is 1. The van der Waals surface area contributed by atoms with Crippen molar-refractivity contribution < 1.29 is 30.0 Å². The molecule has 329 valence electrons. The zero-order chi connectivity index (χ0) is 44.4. The molecule has 0 saturated heterocycles. The minimum Gasteiger partial charge on any atom is -0.512 e. The first-order valence-corrected chi connectivity index (χ1v) is 22.6. The van der Waals surface area contributed by atoms with Crippen LogP contribution in [0, 0.1) is 63.5 Å². The van der Waals surface area contributed by atoms with Gasteiger partial charge in [-0.25, -0.2) is 0 Å². The first-order valence-electron chi connectivity index (χ1n) is 22.6. The Kier molecular flexibility index (Phi) is 18.6. The van der Waals surface area contributed by atoms with Crippen molar-refractivity contribution in [1.29, 1.82) is 0 Å². The Morgan fingerprint density at radius 2 is 1.31 bits per heavy atom. The number of rotatable bonds is 13. The number of aliphatic imine (C=N–C) groups is 1. The number of aryl methyl sites for hydroxylation is 4. The van der Waals surface area contributed by atoms with Gasteiger partial charge in [-0.3, -0.25) is 9.79 Å². The molecule has 4 nitrogen and oxygen atoms in total. The second kappa shape index (κ2) is 23.1. The van der Waals surface area contributed by atoms with E-state index >= 15 is 0 Å². The largest absolute Gasteiger partial charge is 0.512 e. The number of hydrogen-bond acceptors (Lipinski definition) is 4. The van der Waals surface area contributed by atoms with Crippen molar-refractivity contribution >= 4 is 38.7 Å². The Bertz CT molecular complexity index is 2480. The molecule has 1 aliphatic heterocycles. The zero-order valence-electron chi connectivity index (χ0n) is 39.3. The molecule has 6 aromatic rings. The van der Waals surface area contributed by atoms with Gasteiger partial charge in [-0.1, -0.05) is 126 Å². The molecule has 1 aromatic heterocycles. The van der Waals surface area contributed by atoms with Gasteiger partial charge in [0.15, 0.2) is 5.78 Å². The number of aromatic nitrogens is 1. The second-order valence-electron chi connectivity index (χ2n) is 17.9. The molecule has 1 N–H and O–H groups in total. The molecule has 0 amide bonds. The molecule has 62 heavy (non-hydrogen) atoms. The maximum atomic E-state index is 11.7. The number of fused-ring (bicyclic) bond motifs is 1. The van der Waals surface area contributed by atoms with E-state index in [4.69, 9.17) is 4.99 Å². The Morgan fingerprint density at radius 3 is 1.90 bits per heavy atom. The van der Waals surface area contributed by atoms with E-state index in [-0.39, 0.29) is 43.5 Å². The van der Waals surface area contributed by atoms with Gasteiger partial charge in [0.1, 0.15) is 0 Å². The quantitative estimate of drug-likeness (QED) is 0.0711. The van der Waals surface area contributed by atoms with Gasteiger partial charge in [-0.2, -0.15) is 0 Å². The number of pyridine rings is 1. The van der Waals surface area contributed by atoms with Crippen molar-refractivity contribution in [3.63, 3.8) is 0 Å². The minimum atomic E-state index is 0. The van der Waals surface area contributed by atoms with Crippen LogP contribution in [0.1, 0.15) is 126 Å².